The van der Waals surface area contributed by atoms with Crippen LogP contribution < -0.4 is 4.90 Å². The van der Waals surface area contributed by atoms with Crippen molar-refractivity contribution in [1.82, 2.24) is 4.90 Å². The lowest BCUT2D eigenvalue weighted by Gasteiger charge is -2.29. The van der Waals surface area contributed by atoms with E-state index in [4.69, 9.17) is 4.74 Å². The monoisotopic (exact) mass is 290 g/mol. The van der Waals surface area contributed by atoms with Crippen molar-refractivity contribution in [3.8, 4) is 0 Å². The number of benzene rings is 1. The highest BCUT2D eigenvalue weighted by Gasteiger charge is 2.18. The van der Waals surface area contributed by atoms with Crippen molar-refractivity contribution in [3.05, 3.63) is 29.8 Å². The molecule has 0 aromatic heterocycles. The molecule has 0 aliphatic carbocycles. The molecule has 0 amide bonds. The summed E-state index contributed by atoms with van der Waals surface area (Å²) in [7, 11) is 3.93. The molecule has 1 aromatic rings. The summed E-state index contributed by atoms with van der Waals surface area (Å²) in [5.74, 6) is 0.293. The molecule has 0 bridgehead atoms. The van der Waals surface area contributed by atoms with Crippen LogP contribution in [0.4, 0.5) is 5.69 Å². The molecule has 0 radical (unpaired) electrons. The summed E-state index contributed by atoms with van der Waals surface area (Å²) >= 11 is 0. The van der Waals surface area contributed by atoms with E-state index in [0.717, 1.165) is 38.3 Å². The molecule has 21 heavy (non-hydrogen) atoms. The molecule has 0 spiro atoms. The fourth-order valence-electron chi connectivity index (χ4n) is 2.85. The lowest BCUT2D eigenvalue weighted by atomic mass is 10.0. The number of rotatable bonds is 6. The lowest BCUT2D eigenvalue weighted by molar-refractivity contribution is -0.122. The average Bonchev–Trinajstić information content (AvgIpc) is 2.49. The van der Waals surface area contributed by atoms with Crippen LogP contribution in [0, 0.1) is 0 Å². The van der Waals surface area contributed by atoms with Gasteiger partial charge in [0.2, 0.25) is 0 Å². The van der Waals surface area contributed by atoms with Crippen molar-refractivity contribution >= 4 is 11.5 Å². The highest BCUT2D eigenvalue weighted by atomic mass is 16.5. The summed E-state index contributed by atoms with van der Waals surface area (Å²) < 4.78 is 5.37. The number of nitrogens with zero attached hydrogens (tertiary/aromatic N) is 2. The molecule has 1 heterocycles. The van der Waals surface area contributed by atoms with Gasteiger partial charge in [-0.3, -0.25) is 9.69 Å². The maximum atomic E-state index is 12.3. The standard InChI is InChI=1S/C17H26N2O2/c1-4-16(18(2)3)17(20)13-14-5-7-15(8-6-14)19-9-11-21-12-10-19/h5-8,16H,4,9-13H2,1-3H3. The molecule has 0 saturated carbocycles. The van der Waals surface area contributed by atoms with Crippen LogP contribution in [0.15, 0.2) is 24.3 Å². The number of carbonyl (C=O) groups is 1. The van der Waals surface area contributed by atoms with Crippen LogP contribution in [0.3, 0.4) is 0 Å². The molecule has 1 fully saturated rings. The number of carbonyl (C=O) groups excluding carboxylic acids is 1. The van der Waals surface area contributed by atoms with E-state index < -0.39 is 0 Å². The quantitative estimate of drug-likeness (QED) is 0.802. The number of hydrogen-bond donors (Lipinski definition) is 0. The predicted octanol–water partition coefficient (Wildman–Crippen LogP) is 1.98. The zero-order valence-electron chi connectivity index (χ0n) is 13.3. The van der Waals surface area contributed by atoms with Gasteiger partial charge >= 0.3 is 0 Å². The van der Waals surface area contributed by atoms with Crippen LogP contribution in [0.2, 0.25) is 0 Å². The Balaban J connectivity index is 1.97. The third-order valence-corrected chi connectivity index (χ3v) is 4.07. The zero-order valence-corrected chi connectivity index (χ0v) is 13.3. The van der Waals surface area contributed by atoms with Crippen LogP contribution in [-0.2, 0) is 16.0 Å². The number of likely N-dealkylation sites (N-methyl/N-ethyl adjacent to an activating group) is 1. The van der Waals surface area contributed by atoms with E-state index >= 15 is 0 Å². The van der Waals surface area contributed by atoms with Gasteiger partial charge in [0.25, 0.3) is 0 Å². The smallest absolute Gasteiger partial charge is 0.154 e. The Bertz CT molecular complexity index is 450. The Morgan fingerprint density at radius 1 is 1.24 bits per heavy atom. The van der Waals surface area contributed by atoms with E-state index in [2.05, 4.69) is 36.1 Å². The molecule has 4 nitrogen and oxygen atoms in total. The van der Waals surface area contributed by atoms with Gasteiger partial charge in [-0.25, -0.2) is 0 Å². The number of Topliss-reactive ketones (excluding diaryl/α,β-unsaturated/α-hetero) is 1. The first-order chi connectivity index (χ1) is 10.1. The normalized spacial score (nSPS) is 17.0. The molecule has 2 rings (SSSR count). The molecule has 0 N–H and O–H groups in total. The second-order valence-corrected chi connectivity index (χ2v) is 5.80. The number of ketones is 1. The Labute approximate surface area is 127 Å². The highest BCUT2D eigenvalue weighted by molar-refractivity contribution is 5.86. The largest absolute Gasteiger partial charge is 0.378 e. The van der Waals surface area contributed by atoms with Gasteiger partial charge < -0.3 is 9.64 Å². The van der Waals surface area contributed by atoms with E-state index in [0.29, 0.717) is 12.2 Å². The minimum atomic E-state index is 0.0175. The lowest BCUT2D eigenvalue weighted by Crippen LogP contribution is -2.36. The molecule has 1 aliphatic rings. The number of anilines is 1. The minimum Gasteiger partial charge on any atom is -0.378 e. The van der Waals surface area contributed by atoms with E-state index in [1.54, 1.807) is 0 Å². The molecule has 116 valence electrons. The van der Waals surface area contributed by atoms with Gasteiger partial charge in [0.15, 0.2) is 5.78 Å². The average molecular weight is 290 g/mol. The van der Waals surface area contributed by atoms with E-state index in [1.807, 2.05) is 19.0 Å². The first kappa shape index (κ1) is 16.0. The Kier molecular flexibility index (Phi) is 5.76. The summed E-state index contributed by atoms with van der Waals surface area (Å²) in [4.78, 5) is 16.6. The van der Waals surface area contributed by atoms with Crippen LogP contribution in [0.25, 0.3) is 0 Å². The SMILES string of the molecule is CCC(C(=O)Cc1ccc(N2CCOCC2)cc1)N(C)C. The van der Waals surface area contributed by atoms with E-state index in [1.165, 1.54) is 5.69 Å². The second-order valence-electron chi connectivity index (χ2n) is 5.80. The fraction of sp³-hybridized carbons (Fsp3) is 0.588. The third-order valence-electron chi connectivity index (χ3n) is 4.07. The third kappa shape index (κ3) is 4.29. The van der Waals surface area contributed by atoms with Crippen molar-refractivity contribution in [2.24, 2.45) is 0 Å². The fourth-order valence-corrected chi connectivity index (χ4v) is 2.85. The van der Waals surface area contributed by atoms with Gasteiger partial charge in [0, 0.05) is 25.2 Å². The van der Waals surface area contributed by atoms with E-state index in [-0.39, 0.29) is 6.04 Å². The summed E-state index contributed by atoms with van der Waals surface area (Å²) in [5, 5.41) is 0. The molecular weight excluding hydrogens is 264 g/mol. The molecule has 1 aromatic carbocycles. The first-order valence-corrected chi connectivity index (χ1v) is 7.72. The molecule has 4 heteroatoms. The van der Waals surface area contributed by atoms with Crippen LogP contribution in [0.1, 0.15) is 18.9 Å². The maximum absolute atomic E-state index is 12.3. The summed E-state index contributed by atoms with van der Waals surface area (Å²) in [6.07, 6.45) is 1.37. The number of ether oxygens (including phenoxy) is 1. The zero-order chi connectivity index (χ0) is 15.2. The molecule has 1 unspecified atom stereocenters. The Hall–Kier alpha value is -1.39. The van der Waals surface area contributed by atoms with Crippen molar-refractivity contribution in [2.75, 3.05) is 45.3 Å². The highest BCUT2D eigenvalue weighted by Crippen LogP contribution is 2.17. The summed E-state index contributed by atoms with van der Waals surface area (Å²) in [5.41, 5.74) is 2.31. The van der Waals surface area contributed by atoms with Crippen molar-refractivity contribution < 1.29 is 9.53 Å². The predicted molar refractivity (Wildman–Crippen MR) is 86.0 cm³/mol. The first-order valence-electron chi connectivity index (χ1n) is 7.72. The van der Waals surface area contributed by atoms with Crippen molar-refractivity contribution in [2.45, 2.75) is 25.8 Å². The minimum absolute atomic E-state index is 0.0175. The van der Waals surface area contributed by atoms with Crippen LogP contribution in [-0.4, -0.2) is 57.1 Å². The van der Waals surface area contributed by atoms with Gasteiger partial charge in [0.1, 0.15) is 0 Å². The van der Waals surface area contributed by atoms with Crippen LogP contribution >= 0.6 is 0 Å². The Morgan fingerprint density at radius 3 is 2.38 bits per heavy atom. The van der Waals surface area contributed by atoms with Gasteiger partial charge in [0.05, 0.1) is 19.3 Å². The second kappa shape index (κ2) is 7.57. The topological polar surface area (TPSA) is 32.8 Å². The van der Waals surface area contributed by atoms with Crippen molar-refractivity contribution in [1.29, 1.82) is 0 Å². The van der Waals surface area contributed by atoms with Gasteiger partial charge in [-0.05, 0) is 38.2 Å². The molecule has 1 saturated heterocycles. The summed E-state index contributed by atoms with van der Waals surface area (Å²) in [6, 6.07) is 8.40. The number of morpholine rings is 1. The Morgan fingerprint density at radius 2 is 1.86 bits per heavy atom. The maximum Gasteiger partial charge on any atom is 0.154 e. The molecular formula is C17H26N2O2. The van der Waals surface area contributed by atoms with Crippen LogP contribution in [0.5, 0.6) is 0 Å². The van der Waals surface area contributed by atoms with E-state index in [9.17, 15) is 4.79 Å². The van der Waals surface area contributed by atoms with Gasteiger partial charge in [-0.1, -0.05) is 19.1 Å². The van der Waals surface area contributed by atoms with Crippen molar-refractivity contribution in [3.63, 3.8) is 0 Å². The summed E-state index contributed by atoms with van der Waals surface area (Å²) in [6.45, 7) is 5.53. The molecule has 1 aliphatic heterocycles. The van der Waals surface area contributed by atoms with Gasteiger partial charge in [-0.15, -0.1) is 0 Å². The molecule has 1 atom stereocenters. The van der Waals surface area contributed by atoms with Gasteiger partial charge in [-0.2, -0.15) is 0 Å². The number of hydrogen-bond acceptors (Lipinski definition) is 4.